The number of nitrogens with two attached hydrogens (primary N) is 1. The summed E-state index contributed by atoms with van der Waals surface area (Å²) in [7, 11) is 0. The van der Waals surface area contributed by atoms with E-state index >= 15 is 0 Å². The molecule has 1 rings (SSSR count). The van der Waals surface area contributed by atoms with Gasteiger partial charge in [-0.1, -0.05) is 0 Å². The van der Waals surface area contributed by atoms with Gasteiger partial charge in [0.15, 0.2) is 0 Å². The van der Waals surface area contributed by atoms with Crippen molar-refractivity contribution in [1.29, 1.82) is 0 Å². The normalized spacial score (nSPS) is 10.9. The minimum Gasteiger partial charge on any atom is -0.444 e. The minimum atomic E-state index is -0.493. The Bertz CT molecular complexity index is 495. The predicted octanol–water partition coefficient (Wildman–Crippen LogP) is 1.90. The van der Waals surface area contributed by atoms with Gasteiger partial charge in [0.2, 0.25) is 5.91 Å². The molecule has 0 fully saturated rings. The van der Waals surface area contributed by atoms with E-state index in [1.165, 1.54) is 6.20 Å². The molecule has 1 aromatic rings. The molecule has 0 bridgehead atoms. The zero-order chi connectivity index (χ0) is 16.6. The number of alkyl carbamates (subject to hydrolysis) is 1. The van der Waals surface area contributed by atoms with E-state index < -0.39 is 17.6 Å². The third kappa shape index (κ3) is 7.47. The summed E-state index contributed by atoms with van der Waals surface area (Å²) in [4.78, 5) is 26.4. The van der Waals surface area contributed by atoms with Gasteiger partial charge in [0.05, 0.1) is 5.56 Å². The van der Waals surface area contributed by atoms with Crippen LogP contribution in [0.2, 0.25) is 0 Å². The molecule has 0 aromatic carbocycles. The molecule has 1 aromatic heterocycles. The van der Waals surface area contributed by atoms with Gasteiger partial charge >= 0.3 is 6.09 Å². The van der Waals surface area contributed by atoms with E-state index in [-0.39, 0.29) is 0 Å². The number of unbranched alkanes of at least 4 members (excludes halogenated alkanes) is 1. The average Bonchev–Trinajstić information content (AvgIpc) is 2.41. The topological polar surface area (TPSA) is 106 Å². The highest BCUT2D eigenvalue weighted by atomic mass is 16.6. The fourth-order valence-corrected chi connectivity index (χ4v) is 1.62. The highest BCUT2D eigenvalue weighted by molar-refractivity contribution is 5.92. The van der Waals surface area contributed by atoms with Gasteiger partial charge < -0.3 is 21.1 Å². The van der Waals surface area contributed by atoms with E-state index in [4.69, 9.17) is 10.5 Å². The minimum absolute atomic E-state index is 0.382. The van der Waals surface area contributed by atoms with E-state index in [0.717, 1.165) is 19.4 Å². The number of ether oxygens (including phenoxy) is 1. The molecular formula is C15H24N4O3. The monoisotopic (exact) mass is 308 g/mol. The van der Waals surface area contributed by atoms with Crippen molar-refractivity contribution in [2.75, 3.05) is 18.4 Å². The lowest BCUT2D eigenvalue weighted by Crippen LogP contribution is -2.33. The van der Waals surface area contributed by atoms with Crippen LogP contribution in [0.3, 0.4) is 0 Å². The van der Waals surface area contributed by atoms with Gasteiger partial charge in [0, 0.05) is 19.3 Å². The lowest BCUT2D eigenvalue weighted by molar-refractivity contribution is 0.0527. The van der Waals surface area contributed by atoms with E-state index in [9.17, 15) is 9.59 Å². The molecule has 2 amide bonds. The molecule has 0 aliphatic carbocycles. The Hall–Kier alpha value is -2.31. The van der Waals surface area contributed by atoms with Crippen molar-refractivity contribution in [2.45, 2.75) is 39.2 Å². The van der Waals surface area contributed by atoms with Crippen LogP contribution < -0.4 is 16.4 Å². The van der Waals surface area contributed by atoms with Crippen molar-refractivity contribution in [3.8, 4) is 0 Å². The van der Waals surface area contributed by atoms with E-state index in [2.05, 4.69) is 15.6 Å². The molecule has 4 N–H and O–H groups in total. The Balaban J connectivity index is 2.13. The van der Waals surface area contributed by atoms with Gasteiger partial charge in [-0.15, -0.1) is 0 Å². The Labute approximate surface area is 130 Å². The standard InChI is InChI=1S/C15H24N4O3/c1-15(2,3)22-14(21)18-9-5-4-8-17-12-7-6-11(10-19-12)13(16)20/h6-7,10H,4-5,8-9H2,1-3H3,(H2,16,20)(H,17,19)(H,18,21). The lowest BCUT2D eigenvalue weighted by Gasteiger charge is -2.19. The van der Waals surface area contributed by atoms with Crippen LogP contribution in [0.5, 0.6) is 0 Å². The molecule has 0 radical (unpaired) electrons. The predicted molar refractivity (Wildman–Crippen MR) is 84.7 cm³/mol. The van der Waals surface area contributed by atoms with Gasteiger partial charge in [-0.3, -0.25) is 4.79 Å². The summed E-state index contributed by atoms with van der Waals surface area (Å²) >= 11 is 0. The maximum atomic E-state index is 11.4. The number of nitrogens with zero attached hydrogens (tertiary/aromatic N) is 1. The molecule has 122 valence electrons. The molecule has 7 heteroatoms. The SMILES string of the molecule is CC(C)(C)OC(=O)NCCCCNc1ccc(C(N)=O)cn1. The first kappa shape index (κ1) is 17.7. The Kier molecular flexibility index (Phi) is 6.62. The van der Waals surface area contributed by atoms with Crippen LogP contribution >= 0.6 is 0 Å². The van der Waals surface area contributed by atoms with Crippen LogP contribution in [-0.2, 0) is 4.74 Å². The molecule has 0 saturated carbocycles. The second-order valence-corrected chi connectivity index (χ2v) is 5.86. The molecule has 0 atom stereocenters. The van der Waals surface area contributed by atoms with Crippen LogP contribution in [0.1, 0.15) is 44.0 Å². The van der Waals surface area contributed by atoms with E-state index in [1.54, 1.807) is 12.1 Å². The van der Waals surface area contributed by atoms with Gasteiger partial charge in [-0.25, -0.2) is 9.78 Å². The van der Waals surface area contributed by atoms with Gasteiger partial charge in [-0.2, -0.15) is 0 Å². The summed E-state index contributed by atoms with van der Waals surface area (Å²) in [6, 6.07) is 3.33. The fraction of sp³-hybridized carbons (Fsp3) is 0.533. The summed E-state index contributed by atoms with van der Waals surface area (Å²) in [5.74, 6) is 0.192. The highest BCUT2D eigenvalue weighted by Gasteiger charge is 2.15. The first-order chi connectivity index (χ1) is 10.3. The van der Waals surface area contributed by atoms with Gasteiger partial charge in [0.1, 0.15) is 11.4 Å². The van der Waals surface area contributed by atoms with Crippen LogP contribution in [0, 0.1) is 0 Å². The summed E-state index contributed by atoms with van der Waals surface area (Å²) in [6.45, 7) is 6.76. The summed E-state index contributed by atoms with van der Waals surface area (Å²) in [6.07, 6.45) is 2.74. The zero-order valence-corrected chi connectivity index (χ0v) is 13.3. The summed E-state index contributed by atoms with van der Waals surface area (Å²) in [5, 5.41) is 5.83. The van der Waals surface area contributed by atoms with Crippen molar-refractivity contribution < 1.29 is 14.3 Å². The fourth-order valence-electron chi connectivity index (χ4n) is 1.62. The second kappa shape index (κ2) is 8.21. The number of anilines is 1. The molecule has 0 saturated heterocycles. The van der Waals surface area contributed by atoms with Crippen molar-refractivity contribution in [3.05, 3.63) is 23.9 Å². The first-order valence-electron chi connectivity index (χ1n) is 7.24. The smallest absolute Gasteiger partial charge is 0.407 e. The maximum absolute atomic E-state index is 11.4. The number of aromatic nitrogens is 1. The number of hydrogen-bond acceptors (Lipinski definition) is 5. The number of pyridine rings is 1. The number of carbonyl (C=O) groups excluding carboxylic acids is 2. The van der Waals surface area contributed by atoms with Crippen LogP contribution in [0.15, 0.2) is 18.3 Å². The van der Waals surface area contributed by atoms with E-state index in [1.807, 2.05) is 20.8 Å². The van der Waals surface area contributed by atoms with Crippen LogP contribution in [0.25, 0.3) is 0 Å². The number of primary amides is 1. The van der Waals surface area contributed by atoms with Gasteiger partial charge in [0.25, 0.3) is 0 Å². The number of nitrogens with one attached hydrogen (secondary N) is 2. The summed E-state index contributed by atoms with van der Waals surface area (Å²) < 4.78 is 5.13. The average molecular weight is 308 g/mol. The maximum Gasteiger partial charge on any atom is 0.407 e. The Morgan fingerprint density at radius 2 is 1.91 bits per heavy atom. The Morgan fingerprint density at radius 3 is 2.45 bits per heavy atom. The highest BCUT2D eigenvalue weighted by Crippen LogP contribution is 2.07. The zero-order valence-electron chi connectivity index (χ0n) is 13.3. The van der Waals surface area contributed by atoms with Crippen LogP contribution in [0.4, 0.5) is 10.6 Å². The molecule has 0 unspecified atom stereocenters. The van der Waals surface area contributed by atoms with Crippen molar-refractivity contribution >= 4 is 17.8 Å². The summed E-state index contributed by atoms with van der Waals surface area (Å²) in [5.41, 5.74) is 5.04. The molecule has 0 aliphatic heterocycles. The second-order valence-electron chi connectivity index (χ2n) is 5.86. The van der Waals surface area contributed by atoms with E-state index in [0.29, 0.717) is 17.9 Å². The Morgan fingerprint density at radius 1 is 1.23 bits per heavy atom. The van der Waals surface area contributed by atoms with Crippen molar-refractivity contribution in [1.82, 2.24) is 10.3 Å². The largest absolute Gasteiger partial charge is 0.444 e. The number of amides is 2. The molecular weight excluding hydrogens is 284 g/mol. The lowest BCUT2D eigenvalue weighted by atomic mass is 10.2. The molecule has 22 heavy (non-hydrogen) atoms. The number of rotatable bonds is 7. The van der Waals surface area contributed by atoms with Gasteiger partial charge in [-0.05, 0) is 45.7 Å². The first-order valence-corrected chi connectivity index (χ1v) is 7.24. The third-order valence-electron chi connectivity index (χ3n) is 2.63. The molecule has 1 heterocycles. The van der Waals surface area contributed by atoms with Crippen molar-refractivity contribution in [2.24, 2.45) is 5.73 Å². The number of hydrogen-bond donors (Lipinski definition) is 3. The molecule has 0 aliphatic rings. The molecule has 7 nitrogen and oxygen atoms in total. The van der Waals surface area contributed by atoms with Crippen molar-refractivity contribution in [3.63, 3.8) is 0 Å². The third-order valence-corrected chi connectivity index (χ3v) is 2.63. The quantitative estimate of drug-likeness (QED) is 0.667. The molecule has 0 spiro atoms. The van der Waals surface area contributed by atoms with Crippen LogP contribution in [-0.4, -0.2) is 35.7 Å². The number of carbonyl (C=O) groups is 2.